The summed E-state index contributed by atoms with van der Waals surface area (Å²) in [4.78, 5) is 37.7. The molecule has 0 radical (unpaired) electrons. The van der Waals surface area contributed by atoms with E-state index in [-0.39, 0.29) is 31.1 Å². The van der Waals surface area contributed by atoms with Crippen LogP contribution in [0.15, 0.2) is 0 Å². The van der Waals surface area contributed by atoms with Gasteiger partial charge in [0.15, 0.2) is 6.10 Å². The van der Waals surface area contributed by atoms with Crippen molar-refractivity contribution < 1.29 is 28.6 Å². The Balaban J connectivity index is 4.33. The Morgan fingerprint density at radius 3 is 0.942 bits per heavy atom. The van der Waals surface area contributed by atoms with Crippen LogP contribution in [0.1, 0.15) is 252 Å². The van der Waals surface area contributed by atoms with Crippen LogP contribution in [0, 0.1) is 5.92 Å². The molecule has 0 fully saturated rings. The smallest absolute Gasteiger partial charge is 0.306 e. The van der Waals surface area contributed by atoms with E-state index in [0.29, 0.717) is 19.3 Å². The number of carbonyl (C=O) groups is 3. The summed E-state index contributed by atoms with van der Waals surface area (Å²) < 4.78 is 16.7. The standard InChI is InChI=1S/C46H88O6/c1-5-7-9-11-13-15-17-22-26-30-34-38-45(48)51-41-43(40-50-44(47)37-33-29-25-21-16-14-12-10-8-6-2)52-46(49)39-35-31-27-23-19-18-20-24-28-32-36-42(3)4/h42-43H,5-41H2,1-4H3/t43-/m1/s1. The second kappa shape index (κ2) is 40.6. The average molecular weight is 737 g/mol. The van der Waals surface area contributed by atoms with Gasteiger partial charge in [0.2, 0.25) is 0 Å². The highest BCUT2D eigenvalue weighted by Gasteiger charge is 2.19. The van der Waals surface area contributed by atoms with Crippen molar-refractivity contribution in [2.24, 2.45) is 5.92 Å². The molecule has 0 aliphatic carbocycles. The van der Waals surface area contributed by atoms with Crippen molar-refractivity contribution in [3.63, 3.8) is 0 Å². The van der Waals surface area contributed by atoms with Gasteiger partial charge in [-0.15, -0.1) is 0 Å². The Bertz CT molecular complexity index is 781. The van der Waals surface area contributed by atoms with E-state index >= 15 is 0 Å². The van der Waals surface area contributed by atoms with Gasteiger partial charge in [-0.25, -0.2) is 0 Å². The van der Waals surface area contributed by atoms with E-state index < -0.39 is 6.10 Å². The van der Waals surface area contributed by atoms with Crippen molar-refractivity contribution >= 4 is 17.9 Å². The Hall–Kier alpha value is -1.59. The van der Waals surface area contributed by atoms with Crippen molar-refractivity contribution in [2.75, 3.05) is 13.2 Å². The molecule has 0 saturated heterocycles. The predicted molar refractivity (Wildman–Crippen MR) is 220 cm³/mol. The molecule has 1 atom stereocenters. The second-order valence-corrected chi connectivity index (χ2v) is 16.2. The van der Waals surface area contributed by atoms with E-state index in [0.717, 1.165) is 63.7 Å². The average Bonchev–Trinajstić information content (AvgIpc) is 3.12. The first kappa shape index (κ1) is 50.4. The first-order valence-corrected chi connectivity index (χ1v) is 22.9. The molecular weight excluding hydrogens is 648 g/mol. The summed E-state index contributed by atoms with van der Waals surface area (Å²) in [6, 6.07) is 0. The fourth-order valence-corrected chi connectivity index (χ4v) is 6.80. The summed E-state index contributed by atoms with van der Waals surface area (Å²) >= 11 is 0. The lowest BCUT2D eigenvalue weighted by molar-refractivity contribution is -0.167. The normalized spacial score (nSPS) is 11.9. The number of ether oxygens (including phenoxy) is 3. The van der Waals surface area contributed by atoms with Gasteiger partial charge in [0.25, 0.3) is 0 Å². The molecule has 0 aromatic heterocycles. The van der Waals surface area contributed by atoms with Crippen molar-refractivity contribution in [3.8, 4) is 0 Å². The molecular formula is C46H88O6. The van der Waals surface area contributed by atoms with Crippen molar-refractivity contribution in [3.05, 3.63) is 0 Å². The zero-order valence-electron chi connectivity index (χ0n) is 35.3. The molecule has 0 aliphatic rings. The molecule has 0 saturated carbocycles. The van der Waals surface area contributed by atoms with Crippen LogP contribution in [0.2, 0.25) is 0 Å². The highest BCUT2D eigenvalue weighted by Crippen LogP contribution is 2.16. The minimum atomic E-state index is -0.758. The molecule has 52 heavy (non-hydrogen) atoms. The molecule has 6 heteroatoms. The number of carbonyl (C=O) groups excluding carboxylic acids is 3. The maximum absolute atomic E-state index is 12.7. The lowest BCUT2D eigenvalue weighted by Gasteiger charge is -2.18. The minimum absolute atomic E-state index is 0.0639. The molecule has 0 aromatic rings. The van der Waals surface area contributed by atoms with Crippen LogP contribution in [0.25, 0.3) is 0 Å². The fraction of sp³-hybridized carbons (Fsp3) is 0.935. The summed E-state index contributed by atoms with van der Waals surface area (Å²) in [7, 11) is 0. The zero-order chi connectivity index (χ0) is 38.2. The van der Waals surface area contributed by atoms with Crippen LogP contribution in [0.3, 0.4) is 0 Å². The lowest BCUT2D eigenvalue weighted by Crippen LogP contribution is -2.30. The molecule has 0 bridgehead atoms. The maximum Gasteiger partial charge on any atom is 0.306 e. The lowest BCUT2D eigenvalue weighted by atomic mass is 10.0. The van der Waals surface area contributed by atoms with E-state index in [9.17, 15) is 14.4 Å². The molecule has 0 aromatic carbocycles. The quantitative estimate of drug-likeness (QED) is 0.0353. The summed E-state index contributed by atoms with van der Waals surface area (Å²) in [5.41, 5.74) is 0. The maximum atomic E-state index is 12.7. The number of unbranched alkanes of at least 4 members (excludes halogenated alkanes) is 28. The molecule has 0 aliphatic heterocycles. The van der Waals surface area contributed by atoms with Gasteiger partial charge in [-0.05, 0) is 25.2 Å². The van der Waals surface area contributed by atoms with Crippen LogP contribution in [-0.4, -0.2) is 37.2 Å². The largest absolute Gasteiger partial charge is 0.462 e. The van der Waals surface area contributed by atoms with Gasteiger partial charge in [-0.1, -0.05) is 214 Å². The molecule has 0 amide bonds. The Labute approximate surface area is 323 Å². The summed E-state index contributed by atoms with van der Waals surface area (Å²) in [6.07, 6.45) is 39.4. The monoisotopic (exact) mass is 737 g/mol. The Morgan fingerprint density at radius 2 is 0.635 bits per heavy atom. The molecule has 0 spiro atoms. The summed E-state index contributed by atoms with van der Waals surface area (Å²) in [5.74, 6) is -0.0394. The van der Waals surface area contributed by atoms with Crippen LogP contribution < -0.4 is 0 Å². The summed E-state index contributed by atoms with van der Waals surface area (Å²) in [5, 5.41) is 0. The third-order valence-electron chi connectivity index (χ3n) is 10.3. The molecule has 6 nitrogen and oxygen atoms in total. The third kappa shape index (κ3) is 39.6. The van der Waals surface area contributed by atoms with Crippen molar-refractivity contribution in [2.45, 2.75) is 259 Å². The number of rotatable bonds is 41. The van der Waals surface area contributed by atoms with E-state index in [1.807, 2.05) is 0 Å². The molecule has 0 unspecified atom stereocenters. The van der Waals surface area contributed by atoms with Gasteiger partial charge in [0.05, 0.1) is 0 Å². The number of hydrogen-bond acceptors (Lipinski definition) is 6. The highest BCUT2D eigenvalue weighted by atomic mass is 16.6. The van der Waals surface area contributed by atoms with Gasteiger partial charge >= 0.3 is 17.9 Å². The van der Waals surface area contributed by atoms with E-state index in [4.69, 9.17) is 14.2 Å². The Kier molecular flexibility index (Phi) is 39.4. The Morgan fingerprint density at radius 1 is 0.365 bits per heavy atom. The molecule has 308 valence electrons. The van der Waals surface area contributed by atoms with Crippen LogP contribution in [0.5, 0.6) is 0 Å². The highest BCUT2D eigenvalue weighted by molar-refractivity contribution is 5.71. The van der Waals surface area contributed by atoms with E-state index in [1.54, 1.807) is 0 Å². The number of hydrogen-bond donors (Lipinski definition) is 0. The fourth-order valence-electron chi connectivity index (χ4n) is 6.80. The van der Waals surface area contributed by atoms with Crippen molar-refractivity contribution in [1.29, 1.82) is 0 Å². The van der Waals surface area contributed by atoms with Gasteiger partial charge < -0.3 is 14.2 Å². The molecule has 0 heterocycles. The van der Waals surface area contributed by atoms with Gasteiger partial charge in [-0.2, -0.15) is 0 Å². The third-order valence-corrected chi connectivity index (χ3v) is 10.3. The SMILES string of the molecule is CCCCCCCCCCCCCC(=O)OC[C@@H](COC(=O)CCCCCCCCCCCC)OC(=O)CCCCCCCCCCCCC(C)C. The first-order valence-electron chi connectivity index (χ1n) is 22.9. The zero-order valence-corrected chi connectivity index (χ0v) is 35.3. The van der Waals surface area contributed by atoms with Crippen molar-refractivity contribution in [1.82, 2.24) is 0 Å². The van der Waals surface area contributed by atoms with E-state index in [1.165, 1.54) is 148 Å². The topological polar surface area (TPSA) is 78.9 Å². The van der Waals surface area contributed by atoms with Gasteiger partial charge in [0.1, 0.15) is 13.2 Å². The predicted octanol–water partition coefficient (Wildman–Crippen LogP) is 14.3. The summed E-state index contributed by atoms with van der Waals surface area (Å²) in [6.45, 7) is 8.97. The van der Waals surface area contributed by atoms with Crippen LogP contribution >= 0.6 is 0 Å². The van der Waals surface area contributed by atoms with Gasteiger partial charge in [-0.3, -0.25) is 14.4 Å². The van der Waals surface area contributed by atoms with E-state index in [2.05, 4.69) is 27.7 Å². The second-order valence-electron chi connectivity index (χ2n) is 16.2. The number of esters is 3. The minimum Gasteiger partial charge on any atom is -0.462 e. The van der Waals surface area contributed by atoms with Crippen LogP contribution in [-0.2, 0) is 28.6 Å². The van der Waals surface area contributed by atoms with Gasteiger partial charge in [0, 0.05) is 19.3 Å². The molecule has 0 N–H and O–H groups in total. The first-order chi connectivity index (χ1) is 25.4. The molecule has 0 rings (SSSR count). The van der Waals surface area contributed by atoms with Crippen LogP contribution in [0.4, 0.5) is 0 Å².